The number of hydrogen-bond acceptors (Lipinski definition) is 5. The summed E-state index contributed by atoms with van der Waals surface area (Å²) in [6.07, 6.45) is 3.39. The maximum Gasteiger partial charge on any atom is 0.149 e. The van der Waals surface area contributed by atoms with Crippen LogP contribution >= 0.6 is 11.3 Å². The van der Waals surface area contributed by atoms with E-state index in [1.807, 2.05) is 0 Å². The van der Waals surface area contributed by atoms with Gasteiger partial charge in [0, 0.05) is 13.6 Å². The van der Waals surface area contributed by atoms with Crippen molar-refractivity contribution in [2.24, 2.45) is 5.92 Å². The molecular weight excluding hydrogens is 246 g/mol. The highest BCUT2D eigenvalue weighted by molar-refractivity contribution is 7.18. The molecule has 2 heterocycles. The third kappa shape index (κ3) is 1.97. The van der Waals surface area contributed by atoms with Gasteiger partial charge in [-0.25, -0.2) is 9.97 Å². The first kappa shape index (κ1) is 11.9. The van der Waals surface area contributed by atoms with Crippen molar-refractivity contribution in [3.63, 3.8) is 0 Å². The van der Waals surface area contributed by atoms with E-state index in [-0.39, 0.29) is 6.10 Å². The molecule has 0 unspecified atom stereocenters. The Labute approximate surface area is 110 Å². The van der Waals surface area contributed by atoms with E-state index in [1.165, 1.54) is 5.56 Å². The Bertz CT molecular complexity index is 562. The number of fused-ring (bicyclic) bond motifs is 1. The average molecular weight is 263 g/mol. The minimum atomic E-state index is -0.0854. The fourth-order valence-electron chi connectivity index (χ4n) is 2.55. The summed E-state index contributed by atoms with van der Waals surface area (Å²) >= 11 is 1.71. The molecule has 0 radical (unpaired) electrons. The van der Waals surface area contributed by atoms with Gasteiger partial charge in [0.15, 0.2) is 0 Å². The van der Waals surface area contributed by atoms with Crippen LogP contribution in [0.5, 0.6) is 0 Å². The number of aliphatic hydroxyl groups is 1. The molecule has 96 valence electrons. The second-order valence-electron chi connectivity index (χ2n) is 5.17. The number of hydrogen-bond donors (Lipinski definition) is 1. The summed E-state index contributed by atoms with van der Waals surface area (Å²) in [6.45, 7) is 3.04. The standard InChI is InChI=1S/C13H17N3OS/c1-8-6-18-12-11(8)14-7-15-13(12)16(2)5-9-3-10(17)4-9/h6-7,9-10,17H,3-5H2,1-2H3. The number of rotatable bonds is 3. The van der Waals surface area contributed by atoms with Gasteiger partial charge >= 0.3 is 0 Å². The minimum absolute atomic E-state index is 0.0854. The fourth-order valence-corrected chi connectivity index (χ4v) is 3.60. The number of aryl methyl sites for hydroxylation is 1. The summed E-state index contributed by atoms with van der Waals surface area (Å²) in [5.74, 6) is 1.61. The Morgan fingerprint density at radius 2 is 2.22 bits per heavy atom. The van der Waals surface area contributed by atoms with Crippen LogP contribution in [-0.2, 0) is 0 Å². The Morgan fingerprint density at radius 1 is 1.44 bits per heavy atom. The average Bonchev–Trinajstić information content (AvgIpc) is 2.69. The SMILES string of the molecule is Cc1csc2c(N(C)CC3CC(O)C3)ncnc12. The van der Waals surface area contributed by atoms with Crippen molar-refractivity contribution in [3.8, 4) is 0 Å². The van der Waals surface area contributed by atoms with Crippen molar-refractivity contribution in [1.29, 1.82) is 0 Å². The second kappa shape index (κ2) is 4.48. The van der Waals surface area contributed by atoms with Crippen molar-refractivity contribution in [2.75, 3.05) is 18.5 Å². The van der Waals surface area contributed by atoms with E-state index in [0.717, 1.165) is 35.4 Å². The molecule has 1 saturated carbocycles. The zero-order valence-electron chi connectivity index (χ0n) is 10.6. The summed E-state index contributed by atoms with van der Waals surface area (Å²) in [5.41, 5.74) is 2.27. The van der Waals surface area contributed by atoms with Crippen LogP contribution < -0.4 is 4.90 Å². The van der Waals surface area contributed by atoms with Crippen LogP contribution in [0.25, 0.3) is 10.2 Å². The van der Waals surface area contributed by atoms with Crippen LogP contribution in [-0.4, -0.2) is 34.8 Å². The molecule has 0 aliphatic heterocycles. The van der Waals surface area contributed by atoms with Gasteiger partial charge in [-0.05, 0) is 36.6 Å². The smallest absolute Gasteiger partial charge is 0.149 e. The van der Waals surface area contributed by atoms with Gasteiger partial charge in [0.2, 0.25) is 0 Å². The number of aromatic nitrogens is 2. The molecule has 5 heteroatoms. The fraction of sp³-hybridized carbons (Fsp3) is 0.538. The lowest BCUT2D eigenvalue weighted by molar-refractivity contribution is 0.0464. The molecule has 2 aromatic rings. The van der Waals surface area contributed by atoms with E-state index in [9.17, 15) is 5.11 Å². The van der Waals surface area contributed by atoms with Gasteiger partial charge in [0.1, 0.15) is 12.1 Å². The predicted molar refractivity (Wildman–Crippen MR) is 74.2 cm³/mol. The molecule has 3 rings (SSSR count). The van der Waals surface area contributed by atoms with Gasteiger partial charge in [0.05, 0.1) is 16.3 Å². The van der Waals surface area contributed by atoms with Crippen molar-refractivity contribution < 1.29 is 5.11 Å². The van der Waals surface area contributed by atoms with Gasteiger partial charge in [-0.2, -0.15) is 0 Å². The van der Waals surface area contributed by atoms with Gasteiger partial charge in [-0.15, -0.1) is 11.3 Å². The first-order valence-electron chi connectivity index (χ1n) is 6.23. The lowest BCUT2D eigenvalue weighted by atomic mass is 9.82. The van der Waals surface area contributed by atoms with Gasteiger partial charge in [-0.3, -0.25) is 0 Å². The number of anilines is 1. The molecule has 1 fully saturated rings. The van der Waals surface area contributed by atoms with E-state index in [2.05, 4.69) is 34.2 Å². The highest BCUT2D eigenvalue weighted by Crippen LogP contribution is 2.33. The van der Waals surface area contributed by atoms with Crippen molar-refractivity contribution in [3.05, 3.63) is 17.3 Å². The number of nitrogens with zero attached hydrogens (tertiary/aromatic N) is 3. The summed E-state index contributed by atoms with van der Waals surface area (Å²) in [4.78, 5) is 10.9. The van der Waals surface area contributed by atoms with Crippen LogP contribution in [0.1, 0.15) is 18.4 Å². The summed E-state index contributed by atoms with van der Waals surface area (Å²) in [7, 11) is 2.07. The summed E-state index contributed by atoms with van der Waals surface area (Å²) < 4.78 is 1.16. The highest BCUT2D eigenvalue weighted by Gasteiger charge is 2.28. The molecule has 0 saturated heterocycles. The van der Waals surface area contributed by atoms with Crippen molar-refractivity contribution in [2.45, 2.75) is 25.9 Å². The monoisotopic (exact) mass is 263 g/mol. The summed E-state index contributed by atoms with van der Waals surface area (Å²) in [6, 6.07) is 0. The van der Waals surface area contributed by atoms with Crippen LogP contribution in [0.3, 0.4) is 0 Å². The number of thiophene rings is 1. The highest BCUT2D eigenvalue weighted by atomic mass is 32.1. The molecule has 1 aliphatic rings. The lowest BCUT2D eigenvalue weighted by Gasteiger charge is -2.34. The van der Waals surface area contributed by atoms with Gasteiger partial charge < -0.3 is 10.0 Å². The largest absolute Gasteiger partial charge is 0.393 e. The first-order chi connectivity index (χ1) is 8.65. The van der Waals surface area contributed by atoms with Crippen LogP contribution in [0, 0.1) is 12.8 Å². The van der Waals surface area contributed by atoms with Crippen molar-refractivity contribution >= 4 is 27.4 Å². The normalized spacial score (nSPS) is 23.1. The molecule has 1 N–H and O–H groups in total. The molecule has 1 aliphatic carbocycles. The van der Waals surface area contributed by atoms with Gasteiger partial charge in [-0.1, -0.05) is 0 Å². The van der Waals surface area contributed by atoms with Crippen LogP contribution in [0.4, 0.5) is 5.82 Å². The van der Waals surface area contributed by atoms with Gasteiger partial charge in [0.25, 0.3) is 0 Å². The third-order valence-electron chi connectivity index (χ3n) is 3.62. The van der Waals surface area contributed by atoms with Crippen LogP contribution in [0.15, 0.2) is 11.7 Å². The van der Waals surface area contributed by atoms with E-state index in [1.54, 1.807) is 17.7 Å². The first-order valence-corrected chi connectivity index (χ1v) is 7.11. The van der Waals surface area contributed by atoms with E-state index in [4.69, 9.17) is 0 Å². The summed E-state index contributed by atoms with van der Waals surface area (Å²) in [5, 5.41) is 11.5. The molecule has 4 nitrogen and oxygen atoms in total. The second-order valence-corrected chi connectivity index (χ2v) is 6.05. The Kier molecular flexibility index (Phi) is 2.95. The zero-order valence-corrected chi connectivity index (χ0v) is 11.4. The van der Waals surface area contributed by atoms with E-state index < -0.39 is 0 Å². The molecule has 0 amide bonds. The van der Waals surface area contributed by atoms with E-state index in [0.29, 0.717) is 5.92 Å². The lowest BCUT2D eigenvalue weighted by Crippen LogP contribution is -2.37. The van der Waals surface area contributed by atoms with Crippen molar-refractivity contribution in [1.82, 2.24) is 9.97 Å². The molecule has 0 spiro atoms. The molecule has 0 bridgehead atoms. The molecular formula is C13H17N3OS. The quantitative estimate of drug-likeness (QED) is 0.922. The molecule has 18 heavy (non-hydrogen) atoms. The zero-order chi connectivity index (χ0) is 12.7. The Hall–Kier alpha value is -1.20. The molecule has 0 atom stereocenters. The maximum absolute atomic E-state index is 9.33. The Morgan fingerprint density at radius 3 is 2.94 bits per heavy atom. The third-order valence-corrected chi connectivity index (χ3v) is 4.70. The Balaban J connectivity index is 1.84. The predicted octanol–water partition coefficient (Wildman–Crippen LogP) is 2.21. The topological polar surface area (TPSA) is 49.2 Å². The maximum atomic E-state index is 9.33. The van der Waals surface area contributed by atoms with E-state index >= 15 is 0 Å². The molecule has 2 aromatic heterocycles. The van der Waals surface area contributed by atoms with Crippen LogP contribution in [0.2, 0.25) is 0 Å². The minimum Gasteiger partial charge on any atom is -0.393 e. The number of aliphatic hydroxyl groups excluding tert-OH is 1. The molecule has 0 aromatic carbocycles.